The smallest absolute Gasteiger partial charge is 0.230 e. The standard InChI is InChI=1S/C16H12Cl2N2OS2/c1-9-5-6-14(23-9)13-8-22-16(19-13)20-15(21)7-10-11(17)3-2-4-12(10)18/h2-6,8H,7H2,1H3,(H,19,20,21). The fraction of sp³-hybridized carbons (Fsp3) is 0.125. The predicted octanol–water partition coefficient (Wildman–Crippen LogP) is 5.67. The molecule has 0 saturated heterocycles. The van der Waals surface area contributed by atoms with Gasteiger partial charge in [-0.3, -0.25) is 4.79 Å². The number of thiophene rings is 1. The molecule has 0 spiro atoms. The molecule has 118 valence electrons. The van der Waals surface area contributed by atoms with Crippen molar-refractivity contribution in [1.29, 1.82) is 0 Å². The Morgan fingerprint density at radius 2 is 1.96 bits per heavy atom. The first kappa shape index (κ1) is 16.5. The number of amides is 1. The number of carbonyl (C=O) groups excluding carboxylic acids is 1. The lowest BCUT2D eigenvalue weighted by atomic mass is 10.1. The molecule has 1 N–H and O–H groups in total. The Bertz CT molecular complexity index is 837. The van der Waals surface area contributed by atoms with Crippen molar-refractivity contribution in [1.82, 2.24) is 4.98 Å². The Morgan fingerprint density at radius 1 is 1.22 bits per heavy atom. The molecule has 2 aromatic heterocycles. The van der Waals surface area contributed by atoms with Gasteiger partial charge in [0.1, 0.15) is 0 Å². The number of benzene rings is 1. The summed E-state index contributed by atoms with van der Waals surface area (Å²) in [5.41, 5.74) is 1.50. The van der Waals surface area contributed by atoms with E-state index in [1.54, 1.807) is 29.5 Å². The van der Waals surface area contributed by atoms with Crippen LogP contribution < -0.4 is 5.32 Å². The predicted molar refractivity (Wildman–Crippen MR) is 99.0 cm³/mol. The van der Waals surface area contributed by atoms with Gasteiger partial charge in [-0.05, 0) is 36.8 Å². The molecule has 0 aliphatic heterocycles. The van der Waals surface area contributed by atoms with Crippen LogP contribution in [0, 0.1) is 6.92 Å². The van der Waals surface area contributed by atoms with Crippen molar-refractivity contribution in [3.8, 4) is 10.6 Å². The quantitative estimate of drug-likeness (QED) is 0.631. The molecule has 3 aromatic rings. The van der Waals surface area contributed by atoms with E-state index in [4.69, 9.17) is 23.2 Å². The minimum atomic E-state index is -0.191. The van der Waals surface area contributed by atoms with Gasteiger partial charge < -0.3 is 5.32 Å². The Labute approximate surface area is 151 Å². The van der Waals surface area contributed by atoms with E-state index in [9.17, 15) is 4.79 Å². The Balaban J connectivity index is 1.70. The van der Waals surface area contributed by atoms with Gasteiger partial charge in [0, 0.05) is 20.3 Å². The first-order valence-electron chi connectivity index (χ1n) is 6.78. The van der Waals surface area contributed by atoms with Crippen LogP contribution in [0.3, 0.4) is 0 Å². The molecule has 1 amide bonds. The van der Waals surface area contributed by atoms with E-state index >= 15 is 0 Å². The second kappa shape index (κ2) is 7.01. The summed E-state index contributed by atoms with van der Waals surface area (Å²) in [6, 6.07) is 9.27. The van der Waals surface area contributed by atoms with Gasteiger partial charge >= 0.3 is 0 Å². The number of aryl methyl sites for hydroxylation is 1. The van der Waals surface area contributed by atoms with Crippen molar-refractivity contribution in [2.45, 2.75) is 13.3 Å². The van der Waals surface area contributed by atoms with Gasteiger partial charge in [0.2, 0.25) is 5.91 Å². The van der Waals surface area contributed by atoms with Crippen molar-refractivity contribution in [2.24, 2.45) is 0 Å². The number of anilines is 1. The molecule has 0 atom stereocenters. The lowest BCUT2D eigenvalue weighted by Crippen LogP contribution is -2.14. The summed E-state index contributed by atoms with van der Waals surface area (Å²) < 4.78 is 0. The average Bonchev–Trinajstić information content (AvgIpc) is 3.12. The summed E-state index contributed by atoms with van der Waals surface area (Å²) in [4.78, 5) is 18.9. The monoisotopic (exact) mass is 382 g/mol. The highest BCUT2D eigenvalue weighted by atomic mass is 35.5. The summed E-state index contributed by atoms with van der Waals surface area (Å²) in [5, 5.41) is 6.28. The summed E-state index contributed by atoms with van der Waals surface area (Å²) in [6.45, 7) is 2.05. The summed E-state index contributed by atoms with van der Waals surface area (Å²) in [7, 11) is 0. The lowest BCUT2D eigenvalue weighted by molar-refractivity contribution is -0.115. The molecule has 0 aliphatic carbocycles. The molecule has 0 radical (unpaired) electrons. The molecule has 7 heteroatoms. The molecule has 1 aromatic carbocycles. The number of hydrogen-bond acceptors (Lipinski definition) is 4. The van der Waals surface area contributed by atoms with Crippen LogP contribution >= 0.6 is 45.9 Å². The van der Waals surface area contributed by atoms with Crippen LogP contribution in [0.5, 0.6) is 0 Å². The van der Waals surface area contributed by atoms with Crippen LogP contribution in [0.15, 0.2) is 35.7 Å². The van der Waals surface area contributed by atoms with Gasteiger partial charge in [-0.1, -0.05) is 29.3 Å². The van der Waals surface area contributed by atoms with Gasteiger partial charge in [0.25, 0.3) is 0 Å². The van der Waals surface area contributed by atoms with Crippen LogP contribution in [0.1, 0.15) is 10.4 Å². The fourth-order valence-electron chi connectivity index (χ4n) is 2.04. The van der Waals surface area contributed by atoms with E-state index in [1.807, 2.05) is 11.4 Å². The number of carbonyl (C=O) groups is 1. The number of nitrogens with one attached hydrogen (secondary N) is 1. The molecule has 3 nitrogen and oxygen atoms in total. The van der Waals surface area contributed by atoms with E-state index in [1.165, 1.54) is 16.2 Å². The molecule has 2 heterocycles. The zero-order valence-electron chi connectivity index (χ0n) is 12.1. The SMILES string of the molecule is Cc1ccc(-c2csc(NC(=O)Cc3c(Cl)cccc3Cl)n2)s1. The fourth-order valence-corrected chi connectivity index (χ4v) is 4.20. The zero-order valence-corrected chi connectivity index (χ0v) is 15.2. The van der Waals surface area contributed by atoms with E-state index < -0.39 is 0 Å². The van der Waals surface area contributed by atoms with E-state index in [0.29, 0.717) is 20.7 Å². The van der Waals surface area contributed by atoms with Crippen molar-refractivity contribution in [3.63, 3.8) is 0 Å². The maximum atomic E-state index is 12.2. The van der Waals surface area contributed by atoms with Gasteiger partial charge in [0.05, 0.1) is 17.0 Å². The third-order valence-electron chi connectivity index (χ3n) is 3.14. The number of thiazole rings is 1. The number of nitrogens with zero attached hydrogens (tertiary/aromatic N) is 1. The van der Waals surface area contributed by atoms with Crippen molar-refractivity contribution in [3.05, 3.63) is 56.2 Å². The zero-order chi connectivity index (χ0) is 16.4. The molecule has 0 bridgehead atoms. The Morgan fingerprint density at radius 3 is 2.61 bits per heavy atom. The molecular formula is C16H12Cl2N2OS2. The highest BCUT2D eigenvalue weighted by Gasteiger charge is 2.13. The summed E-state index contributed by atoms with van der Waals surface area (Å²) in [6.07, 6.45) is 0.117. The second-order valence-corrected chi connectivity index (χ2v) is 7.83. The van der Waals surface area contributed by atoms with Crippen LogP contribution in [-0.4, -0.2) is 10.9 Å². The van der Waals surface area contributed by atoms with Crippen LogP contribution in [0.4, 0.5) is 5.13 Å². The average molecular weight is 383 g/mol. The van der Waals surface area contributed by atoms with Crippen molar-refractivity contribution < 1.29 is 4.79 Å². The van der Waals surface area contributed by atoms with E-state index in [-0.39, 0.29) is 12.3 Å². The highest BCUT2D eigenvalue weighted by molar-refractivity contribution is 7.17. The second-order valence-electron chi connectivity index (χ2n) is 4.87. The molecule has 0 aliphatic rings. The molecule has 0 unspecified atom stereocenters. The first-order valence-corrected chi connectivity index (χ1v) is 9.23. The minimum absolute atomic E-state index is 0.117. The maximum Gasteiger partial charge on any atom is 0.230 e. The van der Waals surface area contributed by atoms with Crippen molar-refractivity contribution >= 4 is 56.9 Å². The number of halogens is 2. The topological polar surface area (TPSA) is 42.0 Å². The molecule has 0 saturated carbocycles. The number of rotatable bonds is 4. The third kappa shape index (κ3) is 3.93. The van der Waals surface area contributed by atoms with E-state index in [2.05, 4.69) is 23.3 Å². The summed E-state index contributed by atoms with van der Waals surface area (Å²) in [5.74, 6) is -0.191. The number of aromatic nitrogens is 1. The van der Waals surface area contributed by atoms with E-state index in [0.717, 1.165) is 10.6 Å². The maximum absolute atomic E-state index is 12.2. The normalized spacial score (nSPS) is 10.7. The van der Waals surface area contributed by atoms with Crippen LogP contribution in [0.2, 0.25) is 10.0 Å². The highest BCUT2D eigenvalue weighted by Crippen LogP contribution is 2.30. The summed E-state index contributed by atoms with van der Waals surface area (Å²) >= 11 is 15.2. The largest absolute Gasteiger partial charge is 0.302 e. The van der Waals surface area contributed by atoms with Crippen LogP contribution in [-0.2, 0) is 11.2 Å². The molecule has 0 fully saturated rings. The van der Waals surface area contributed by atoms with Gasteiger partial charge in [0.15, 0.2) is 5.13 Å². The van der Waals surface area contributed by atoms with Crippen LogP contribution in [0.25, 0.3) is 10.6 Å². The van der Waals surface area contributed by atoms with Gasteiger partial charge in [-0.15, -0.1) is 22.7 Å². The van der Waals surface area contributed by atoms with Crippen molar-refractivity contribution in [2.75, 3.05) is 5.32 Å². The molecular weight excluding hydrogens is 371 g/mol. The third-order valence-corrected chi connectivity index (χ3v) is 5.63. The Hall–Kier alpha value is -1.40. The van der Waals surface area contributed by atoms with Gasteiger partial charge in [-0.2, -0.15) is 0 Å². The molecule has 23 heavy (non-hydrogen) atoms. The number of hydrogen-bond donors (Lipinski definition) is 1. The Kier molecular flexibility index (Phi) is 5.02. The molecule has 3 rings (SSSR count). The lowest BCUT2D eigenvalue weighted by Gasteiger charge is -2.06. The van der Waals surface area contributed by atoms with Gasteiger partial charge in [-0.25, -0.2) is 4.98 Å². The first-order chi connectivity index (χ1) is 11.0. The minimum Gasteiger partial charge on any atom is -0.302 e.